The molecule has 0 aliphatic heterocycles. The molecule has 0 amide bonds. The summed E-state index contributed by atoms with van der Waals surface area (Å²) in [7, 11) is 0. The summed E-state index contributed by atoms with van der Waals surface area (Å²) in [5, 5.41) is 3.06. The van der Waals surface area contributed by atoms with Crippen LogP contribution in [0, 0.1) is 17.5 Å². The van der Waals surface area contributed by atoms with Crippen molar-refractivity contribution in [2.24, 2.45) is 0 Å². The van der Waals surface area contributed by atoms with Gasteiger partial charge in [0.25, 0.3) is 0 Å². The van der Waals surface area contributed by atoms with E-state index < -0.39 is 17.5 Å². The molecule has 0 radical (unpaired) electrons. The van der Waals surface area contributed by atoms with Crippen molar-refractivity contribution in [2.75, 3.05) is 13.1 Å². The average molecular weight is 288 g/mol. The van der Waals surface area contributed by atoms with Crippen LogP contribution < -0.4 is 5.32 Å². The third kappa shape index (κ3) is 4.80. The minimum atomic E-state index is -1.16. The molecule has 1 N–H and O–H groups in total. The quantitative estimate of drug-likeness (QED) is 0.611. The molecule has 0 atom stereocenters. The van der Waals surface area contributed by atoms with Crippen molar-refractivity contribution in [3.05, 3.63) is 35.1 Å². The minimum Gasteiger partial charge on any atom is -0.311 e. The Kier molecular flexibility index (Phi) is 6.49. The van der Waals surface area contributed by atoms with Gasteiger partial charge in [-0.05, 0) is 33.8 Å². The third-order valence-corrected chi connectivity index (χ3v) is 3.28. The van der Waals surface area contributed by atoms with E-state index in [9.17, 15) is 13.2 Å². The van der Waals surface area contributed by atoms with Gasteiger partial charge in [-0.2, -0.15) is 0 Å². The summed E-state index contributed by atoms with van der Waals surface area (Å²) < 4.78 is 39.2. The monoisotopic (exact) mass is 288 g/mol. The van der Waals surface area contributed by atoms with Crippen molar-refractivity contribution < 1.29 is 13.2 Å². The SMILES string of the molecule is CC(C)N(CCNCc1cc(F)c(F)cc1F)C(C)C. The van der Waals surface area contributed by atoms with Crippen LogP contribution in [-0.2, 0) is 6.54 Å². The second kappa shape index (κ2) is 7.64. The summed E-state index contributed by atoms with van der Waals surface area (Å²) in [5.74, 6) is -2.90. The molecule has 0 fully saturated rings. The first-order valence-corrected chi connectivity index (χ1v) is 6.92. The fourth-order valence-corrected chi connectivity index (χ4v) is 2.24. The second-order valence-corrected chi connectivity index (χ2v) is 5.46. The van der Waals surface area contributed by atoms with Crippen LogP contribution in [0.1, 0.15) is 33.3 Å². The maximum atomic E-state index is 13.4. The zero-order valence-electron chi connectivity index (χ0n) is 12.5. The van der Waals surface area contributed by atoms with Gasteiger partial charge in [0.1, 0.15) is 5.82 Å². The van der Waals surface area contributed by atoms with E-state index in [1.165, 1.54) is 0 Å². The number of nitrogens with one attached hydrogen (secondary N) is 1. The van der Waals surface area contributed by atoms with Gasteiger partial charge in [-0.1, -0.05) is 0 Å². The summed E-state index contributed by atoms with van der Waals surface area (Å²) >= 11 is 0. The molecule has 20 heavy (non-hydrogen) atoms. The Balaban J connectivity index is 2.47. The van der Waals surface area contributed by atoms with E-state index in [1.54, 1.807) is 0 Å². The standard InChI is InChI=1S/C15H23F3N2/c1-10(2)20(11(3)4)6-5-19-9-12-7-14(17)15(18)8-13(12)16/h7-8,10-11,19H,5-6,9H2,1-4H3. The van der Waals surface area contributed by atoms with Gasteiger partial charge in [-0.25, -0.2) is 13.2 Å². The van der Waals surface area contributed by atoms with Crippen LogP contribution in [0.25, 0.3) is 0 Å². The molecule has 0 bridgehead atoms. The Morgan fingerprint density at radius 2 is 1.50 bits per heavy atom. The lowest BCUT2D eigenvalue weighted by molar-refractivity contribution is 0.175. The van der Waals surface area contributed by atoms with Crippen molar-refractivity contribution in [1.29, 1.82) is 0 Å². The number of hydrogen-bond donors (Lipinski definition) is 1. The number of rotatable bonds is 7. The van der Waals surface area contributed by atoms with Gasteiger partial charge in [-0.3, -0.25) is 4.90 Å². The Morgan fingerprint density at radius 3 is 2.05 bits per heavy atom. The normalized spacial score (nSPS) is 11.9. The predicted molar refractivity (Wildman–Crippen MR) is 75.0 cm³/mol. The summed E-state index contributed by atoms with van der Waals surface area (Å²) in [5.41, 5.74) is 0.143. The van der Waals surface area contributed by atoms with Gasteiger partial charge < -0.3 is 5.32 Å². The molecule has 0 heterocycles. The Labute approximate surface area is 119 Å². The fraction of sp³-hybridized carbons (Fsp3) is 0.600. The fourth-order valence-electron chi connectivity index (χ4n) is 2.24. The molecule has 2 nitrogen and oxygen atoms in total. The largest absolute Gasteiger partial charge is 0.311 e. The molecule has 0 unspecified atom stereocenters. The molecular weight excluding hydrogens is 265 g/mol. The second-order valence-electron chi connectivity index (χ2n) is 5.46. The molecule has 5 heteroatoms. The molecule has 0 saturated heterocycles. The summed E-state index contributed by atoms with van der Waals surface area (Å²) in [6.45, 7) is 10.1. The van der Waals surface area contributed by atoms with E-state index in [0.717, 1.165) is 12.6 Å². The van der Waals surface area contributed by atoms with Gasteiger partial charge in [0.2, 0.25) is 0 Å². The van der Waals surface area contributed by atoms with Crippen LogP contribution in [0.3, 0.4) is 0 Å². The van der Waals surface area contributed by atoms with Crippen LogP contribution in [0.4, 0.5) is 13.2 Å². The lowest BCUT2D eigenvalue weighted by atomic mass is 10.2. The Bertz CT molecular complexity index is 425. The van der Waals surface area contributed by atoms with Gasteiger partial charge in [0.05, 0.1) is 0 Å². The topological polar surface area (TPSA) is 15.3 Å². The number of nitrogens with zero attached hydrogens (tertiary/aromatic N) is 1. The highest BCUT2D eigenvalue weighted by molar-refractivity contribution is 5.19. The van der Waals surface area contributed by atoms with Crippen LogP contribution in [0.15, 0.2) is 12.1 Å². The molecule has 1 rings (SSSR count). The average Bonchev–Trinajstić information content (AvgIpc) is 2.34. The van der Waals surface area contributed by atoms with Crippen LogP contribution >= 0.6 is 0 Å². The van der Waals surface area contributed by atoms with E-state index in [0.29, 0.717) is 24.7 Å². The first-order chi connectivity index (χ1) is 9.32. The summed E-state index contributed by atoms with van der Waals surface area (Å²) in [6.07, 6.45) is 0. The maximum Gasteiger partial charge on any atom is 0.161 e. The van der Waals surface area contributed by atoms with Gasteiger partial charge in [0, 0.05) is 43.3 Å². The van der Waals surface area contributed by atoms with Gasteiger partial charge in [0.15, 0.2) is 11.6 Å². The first kappa shape index (κ1) is 17.0. The molecule has 114 valence electrons. The highest BCUT2D eigenvalue weighted by Crippen LogP contribution is 2.13. The number of halogens is 3. The van der Waals surface area contributed by atoms with Crippen molar-refractivity contribution in [3.8, 4) is 0 Å². The number of hydrogen-bond acceptors (Lipinski definition) is 2. The van der Waals surface area contributed by atoms with E-state index in [4.69, 9.17) is 0 Å². The van der Waals surface area contributed by atoms with E-state index in [2.05, 4.69) is 37.9 Å². The first-order valence-electron chi connectivity index (χ1n) is 6.92. The Hall–Kier alpha value is -1.07. The summed E-state index contributed by atoms with van der Waals surface area (Å²) in [4.78, 5) is 2.30. The highest BCUT2D eigenvalue weighted by Gasteiger charge is 2.13. The Morgan fingerprint density at radius 1 is 0.950 bits per heavy atom. The van der Waals surface area contributed by atoms with E-state index in [1.807, 2.05) is 0 Å². The zero-order valence-corrected chi connectivity index (χ0v) is 12.5. The van der Waals surface area contributed by atoms with Crippen LogP contribution in [0.2, 0.25) is 0 Å². The zero-order chi connectivity index (χ0) is 15.3. The molecule has 0 aromatic heterocycles. The third-order valence-electron chi connectivity index (χ3n) is 3.28. The predicted octanol–water partition coefficient (Wildman–Crippen LogP) is 3.31. The molecule has 0 aliphatic carbocycles. The van der Waals surface area contributed by atoms with E-state index >= 15 is 0 Å². The van der Waals surface area contributed by atoms with Crippen molar-refractivity contribution in [2.45, 2.75) is 46.3 Å². The van der Waals surface area contributed by atoms with Crippen LogP contribution in [0.5, 0.6) is 0 Å². The molecule has 0 aliphatic rings. The molecule has 1 aromatic rings. The van der Waals surface area contributed by atoms with Gasteiger partial charge in [-0.15, -0.1) is 0 Å². The van der Waals surface area contributed by atoms with Gasteiger partial charge >= 0.3 is 0 Å². The highest BCUT2D eigenvalue weighted by atomic mass is 19.2. The minimum absolute atomic E-state index is 0.143. The lowest BCUT2D eigenvalue weighted by Gasteiger charge is -2.30. The molecule has 0 saturated carbocycles. The van der Waals surface area contributed by atoms with Crippen LogP contribution in [-0.4, -0.2) is 30.1 Å². The molecule has 0 spiro atoms. The maximum absolute atomic E-state index is 13.4. The van der Waals surface area contributed by atoms with Crippen molar-refractivity contribution in [3.63, 3.8) is 0 Å². The lowest BCUT2D eigenvalue weighted by Crippen LogP contribution is -2.41. The van der Waals surface area contributed by atoms with E-state index in [-0.39, 0.29) is 12.1 Å². The van der Waals surface area contributed by atoms with Crippen molar-refractivity contribution >= 4 is 0 Å². The molecular formula is C15H23F3N2. The summed E-state index contributed by atoms with van der Waals surface area (Å²) in [6, 6.07) is 2.34. The van der Waals surface area contributed by atoms with Crippen molar-refractivity contribution in [1.82, 2.24) is 10.2 Å². The smallest absolute Gasteiger partial charge is 0.161 e. The molecule has 1 aromatic carbocycles. The number of benzene rings is 1.